The summed E-state index contributed by atoms with van der Waals surface area (Å²) in [5.41, 5.74) is 1.11. The third kappa shape index (κ3) is 5.46. The van der Waals surface area contributed by atoms with E-state index in [0.29, 0.717) is 19.6 Å². The van der Waals surface area contributed by atoms with Crippen molar-refractivity contribution in [1.82, 2.24) is 15.1 Å². The van der Waals surface area contributed by atoms with Crippen LogP contribution in [-0.4, -0.2) is 60.8 Å². The van der Waals surface area contributed by atoms with Crippen LogP contribution in [0.15, 0.2) is 16.8 Å². The first-order chi connectivity index (χ1) is 11.4. The van der Waals surface area contributed by atoms with Gasteiger partial charge < -0.3 is 15.0 Å². The van der Waals surface area contributed by atoms with Crippen molar-refractivity contribution in [3.05, 3.63) is 22.4 Å². The lowest BCUT2D eigenvalue weighted by Crippen LogP contribution is -2.52. The van der Waals surface area contributed by atoms with Crippen molar-refractivity contribution in [3.63, 3.8) is 0 Å². The first-order valence-corrected chi connectivity index (χ1v) is 9.73. The summed E-state index contributed by atoms with van der Waals surface area (Å²) in [5, 5.41) is 7.27. The Bertz CT molecular complexity index is 498. The molecule has 1 atom stereocenters. The SMILES string of the molecule is CCN(C)C(C)(C)CNC(=O)N(Cc1ccsc1)CC1CCCO1. The summed E-state index contributed by atoms with van der Waals surface area (Å²) in [6, 6.07) is 2.07. The van der Waals surface area contributed by atoms with Crippen LogP contribution in [0.25, 0.3) is 0 Å². The summed E-state index contributed by atoms with van der Waals surface area (Å²) < 4.78 is 5.73. The molecule has 1 saturated heterocycles. The molecule has 1 aromatic rings. The summed E-state index contributed by atoms with van der Waals surface area (Å²) in [6.45, 7) is 10.1. The topological polar surface area (TPSA) is 44.8 Å². The maximum Gasteiger partial charge on any atom is 0.317 e. The zero-order chi connectivity index (χ0) is 17.6. The molecule has 0 aliphatic carbocycles. The van der Waals surface area contributed by atoms with Gasteiger partial charge in [-0.3, -0.25) is 4.90 Å². The molecule has 0 bridgehead atoms. The summed E-state index contributed by atoms with van der Waals surface area (Å²) in [4.78, 5) is 16.9. The quantitative estimate of drug-likeness (QED) is 0.781. The van der Waals surface area contributed by atoms with E-state index in [0.717, 1.165) is 26.0 Å². The van der Waals surface area contributed by atoms with Crippen molar-refractivity contribution < 1.29 is 9.53 Å². The van der Waals surface area contributed by atoms with Crippen molar-refractivity contribution >= 4 is 17.4 Å². The highest BCUT2D eigenvalue weighted by atomic mass is 32.1. The predicted molar refractivity (Wildman–Crippen MR) is 99.5 cm³/mol. The molecule has 1 unspecified atom stereocenters. The molecule has 0 radical (unpaired) electrons. The molecule has 1 fully saturated rings. The number of carbonyl (C=O) groups excluding carboxylic acids is 1. The predicted octanol–water partition coefficient (Wildman–Crippen LogP) is 3.17. The molecular formula is C18H31N3O2S. The largest absolute Gasteiger partial charge is 0.376 e. The minimum absolute atomic E-state index is 0.00530. The Morgan fingerprint density at radius 3 is 2.88 bits per heavy atom. The third-order valence-corrected chi connectivity index (χ3v) is 5.60. The second kappa shape index (κ2) is 8.83. The summed E-state index contributed by atoms with van der Waals surface area (Å²) >= 11 is 1.66. The number of hydrogen-bond acceptors (Lipinski definition) is 4. The van der Waals surface area contributed by atoms with Crippen molar-refractivity contribution in [2.24, 2.45) is 0 Å². The van der Waals surface area contributed by atoms with Gasteiger partial charge >= 0.3 is 6.03 Å². The van der Waals surface area contributed by atoms with Gasteiger partial charge in [0, 0.05) is 31.8 Å². The molecule has 1 aliphatic rings. The number of urea groups is 1. The second-order valence-corrected chi connectivity index (χ2v) is 7.91. The van der Waals surface area contributed by atoms with Crippen LogP contribution in [0.5, 0.6) is 0 Å². The van der Waals surface area contributed by atoms with E-state index >= 15 is 0 Å². The molecule has 0 spiro atoms. The van der Waals surface area contributed by atoms with Crippen LogP contribution in [0.1, 0.15) is 39.2 Å². The van der Waals surface area contributed by atoms with E-state index in [1.54, 1.807) is 11.3 Å². The van der Waals surface area contributed by atoms with Crippen LogP contribution in [0.2, 0.25) is 0 Å². The maximum atomic E-state index is 12.8. The van der Waals surface area contributed by atoms with Crippen LogP contribution >= 0.6 is 11.3 Å². The van der Waals surface area contributed by atoms with Gasteiger partial charge in [-0.05, 0) is 62.7 Å². The molecule has 0 aromatic carbocycles. The van der Waals surface area contributed by atoms with Crippen LogP contribution in [0.3, 0.4) is 0 Å². The fourth-order valence-corrected chi connectivity index (χ4v) is 3.48. The molecule has 6 heteroatoms. The zero-order valence-corrected chi connectivity index (χ0v) is 16.2. The van der Waals surface area contributed by atoms with Gasteiger partial charge in [0.1, 0.15) is 0 Å². The molecule has 1 aliphatic heterocycles. The molecule has 1 N–H and O–H groups in total. The number of thiophene rings is 1. The van der Waals surface area contributed by atoms with Gasteiger partial charge in [-0.2, -0.15) is 11.3 Å². The van der Waals surface area contributed by atoms with E-state index in [4.69, 9.17) is 4.74 Å². The molecule has 2 rings (SSSR count). The van der Waals surface area contributed by atoms with Gasteiger partial charge in [-0.1, -0.05) is 6.92 Å². The first-order valence-electron chi connectivity index (χ1n) is 8.79. The van der Waals surface area contributed by atoms with Gasteiger partial charge in [0.2, 0.25) is 0 Å². The summed E-state index contributed by atoms with van der Waals surface area (Å²) in [7, 11) is 2.08. The number of carbonyl (C=O) groups is 1. The van der Waals surface area contributed by atoms with Gasteiger partial charge in [-0.25, -0.2) is 4.79 Å². The van der Waals surface area contributed by atoms with Crippen LogP contribution in [0, 0.1) is 0 Å². The highest BCUT2D eigenvalue weighted by molar-refractivity contribution is 7.07. The van der Waals surface area contributed by atoms with E-state index in [-0.39, 0.29) is 17.7 Å². The molecule has 2 heterocycles. The highest BCUT2D eigenvalue weighted by Crippen LogP contribution is 2.17. The Morgan fingerprint density at radius 1 is 1.50 bits per heavy atom. The van der Waals surface area contributed by atoms with E-state index in [9.17, 15) is 4.79 Å². The molecule has 24 heavy (non-hydrogen) atoms. The van der Waals surface area contributed by atoms with Gasteiger partial charge in [-0.15, -0.1) is 0 Å². The molecule has 0 saturated carbocycles. The molecule has 136 valence electrons. The van der Waals surface area contributed by atoms with Crippen molar-refractivity contribution in [3.8, 4) is 0 Å². The molecular weight excluding hydrogens is 322 g/mol. The lowest BCUT2D eigenvalue weighted by Gasteiger charge is -2.36. The highest BCUT2D eigenvalue weighted by Gasteiger charge is 2.26. The number of rotatable bonds is 8. The van der Waals surface area contributed by atoms with E-state index in [2.05, 4.69) is 54.9 Å². The number of nitrogens with zero attached hydrogens (tertiary/aromatic N) is 2. The van der Waals surface area contributed by atoms with E-state index < -0.39 is 0 Å². The fourth-order valence-electron chi connectivity index (χ4n) is 2.82. The Labute approximate surface area is 150 Å². The standard InChI is InChI=1S/C18H31N3O2S/c1-5-20(4)18(2,3)14-19-17(22)21(11-15-8-10-24-13-15)12-16-7-6-9-23-16/h8,10,13,16H,5-7,9,11-12,14H2,1-4H3,(H,19,22). The Kier molecular flexibility index (Phi) is 7.07. The number of nitrogens with one attached hydrogen (secondary N) is 1. The smallest absolute Gasteiger partial charge is 0.317 e. The van der Waals surface area contributed by atoms with Gasteiger partial charge in [0.15, 0.2) is 0 Å². The minimum atomic E-state index is -0.0671. The number of amides is 2. The minimum Gasteiger partial charge on any atom is -0.376 e. The Morgan fingerprint density at radius 2 is 2.29 bits per heavy atom. The molecule has 5 nitrogen and oxygen atoms in total. The third-order valence-electron chi connectivity index (χ3n) is 4.87. The number of ether oxygens (including phenoxy) is 1. The maximum absolute atomic E-state index is 12.8. The Balaban J connectivity index is 1.95. The fraction of sp³-hybridized carbons (Fsp3) is 0.722. The lowest BCUT2D eigenvalue weighted by molar-refractivity contribution is 0.0781. The van der Waals surface area contributed by atoms with Gasteiger partial charge in [0.25, 0.3) is 0 Å². The van der Waals surface area contributed by atoms with Crippen LogP contribution in [-0.2, 0) is 11.3 Å². The average Bonchev–Trinajstić information content (AvgIpc) is 3.25. The van der Waals surface area contributed by atoms with Crippen LogP contribution in [0.4, 0.5) is 4.79 Å². The average molecular weight is 354 g/mol. The second-order valence-electron chi connectivity index (χ2n) is 7.13. The first kappa shape index (κ1) is 19.2. The van der Waals surface area contributed by atoms with E-state index in [1.807, 2.05) is 4.90 Å². The van der Waals surface area contributed by atoms with Crippen molar-refractivity contribution in [2.75, 3.05) is 33.3 Å². The normalized spacial score (nSPS) is 18.1. The monoisotopic (exact) mass is 353 g/mol. The number of hydrogen-bond donors (Lipinski definition) is 1. The summed E-state index contributed by atoms with van der Waals surface area (Å²) in [6.07, 6.45) is 2.30. The van der Waals surface area contributed by atoms with Crippen molar-refractivity contribution in [1.29, 1.82) is 0 Å². The van der Waals surface area contributed by atoms with Gasteiger partial charge in [0.05, 0.1) is 6.10 Å². The summed E-state index contributed by atoms with van der Waals surface area (Å²) in [5.74, 6) is 0. The lowest BCUT2D eigenvalue weighted by atomic mass is 10.0. The molecule has 2 amide bonds. The number of likely N-dealkylation sites (N-methyl/N-ethyl adjacent to an activating group) is 1. The molecule has 1 aromatic heterocycles. The van der Waals surface area contributed by atoms with Crippen molar-refractivity contribution in [2.45, 2.75) is 51.8 Å². The Hall–Kier alpha value is -1.11. The van der Waals surface area contributed by atoms with Crippen LogP contribution < -0.4 is 5.32 Å². The zero-order valence-electron chi connectivity index (χ0n) is 15.4. The van der Waals surface area contributed by atoms with E-state index in [1.165, 1.54) is 5.56 Å².